The van der Waals surface area contributed by atoms with E-state index in [0.717, 1.165) is 0 Å². The van der Waals surface area contributed by atoms with Crippen LogP contribution in [0.25, 0.3) is 22.3 Å². The fourth-order valence-electron chi connectivity index (χ4n) is 6.18. The van der Waals surface area contributed by atoms with Gasteiger partial charge in [0, 0.05) is 68.3 Å². The number of amides is 2. The molecule has 2 amide bonds. The average molecular weight is 780 g/mol. The number of carbonyl (C=O) groups excluding carboxylic acids is 2. The van der Waals surface area contributed by atoms with Gasteiger partial charge < -0.3 is 20.0 Å². The highest BCUT2D eigenvalue weighted by molar-refractivity contribution is 6.37. The summed E-state index contributed by atoms with van der Waals surface area (Å²) in [5.41, 5.74) is 4.69. The summed E-state index contributed by atoms with van der Waals surface area (Å²) in [4.78, 5) is 59.3. The molecule has 16 heteroatoms. The van der Waals surface area contributed by atoms with E-state index in [9.17, 15) is 29.7 Å². The summed E-state index contributed by atoms with van der Waals surface area (Å²) in [6.45, 7) is 3.07. The highest BCUT2D eigenvalue weighted by Gasteiger charge is 2.34. The standard InChI is InChI=1S/2C18H13Cl2N3O3/c2*1-9-12(7-21)16(11-3-2-10(19)6-13(11)20)17-14(22-9)4-5-23(18(17)26)8-15(24)25/h2*2-3,6H,4-5,8H2,1H3,(H,24,25). The van der Waals surface area contributed by atoms with Gasteiger partial charge >= 0.3 is 11.9 Å². The number of aromatic nitrogens is 2. The summed E-state index contributed by atoms with van der Waals surface area (Å²) in [6.07, 6.45) is 0.804. The lowest BCUT2D eigenvalue weighted by Gasteiger charge is -2.29. The molecule has 6 rings (SSSR count). The van der Waals surface area contributed by atoms with Crippen molar-refractivity contribution in [3.63, 3.8) is 0 Å². The molecule has 2 N–H and O–H groups in total. The quantitative estimate of drug-likeness (QED) is 0.215. The van der Waals surface area contributed by atoms with Gasteiger partial charge in [0.1, 0.15) is 25.2 Å². The topological polar surface area (TPSA) is 189 Å². The van der Waals surface area contributed by atoms with E-state index in [1.54, 1.807) is 38.1 Å². The summed E-state index contributed by atoms with van der Waals surface area (Å²) in [5.74, 6) is -3.15. The van der Waals surface area contributed by atoms with Gasteiger partial charge in [0.2, 0.25) is 0 Å². The first-order valence-electron chi connectivity index (χ1n) is 15.5. The molecule has 0 bridgehead atoms. The van der Waals surface area contributed by atoms with Crippen LogP contribution in [0.5, 0.6) is 0 Å². The van der Waals surface area contributed by atoms with Crippen LogP contribution in [0.3, 0.4) is 0 Å². The number of fused-ring (bicyclic) bond motifs is 2. The molecule has 0 saturated carbocycles. The maximum absolute atomic E-state index is 12.9. The Balaban J connectivity index is 0.000000201. The Morgan fingerprint density at radius 1 is 0.692 bits per heavy atom. The Bertz CT molecular complexity index is 2120. The van der Waals surface area contributed by atoms with E-state index in [0.29, 0.717) is 78.0 Å². The maximum atomic E-state index is 12.9. The third-order valence-corrected chi connectivity index (χ3v) is 9.52. The van der Waals surface area contributed by atoms with Crippen LogP contribution in [0.2, 0.25) is 20.1 Å². The van der Waals surface area contributed by atoms with Crippen LogP contribution in [-0.4, -0.2) is 79.9 Å². The molecule has 0 aliphatic carbocycles. The van der Waals surface area contributed by atoms with Crippen LogP contribution in [0, 0.1) is 36.5 Å². The third kappa shape index (κ3) is 7.52. The molecular formula is C36H26Cl4N6O6. The van der Waals surface area contributed by atoms with Crippen LogP contribution < -0.4 is 0 Å². The summed E-state index contributed by atoms with van der Waals surface area (Å²) < 4.78 is 0. The number of nitrogens with zero attached hydrogens (tertiary/aromatic N) is 6. The van der Waals surface area contributed by atoms with E-state index in [2.05, 4.69) is 22.1 Å². The predicted octanol–water partition coefficient (Wildman–Crippen LogP) is 6.64. The number of hydrogen-bond donors (Lipinski definition) is 2. The Kier molecular flexibility index (Phi) is 11.4. The zero-order valence-corrected chi connectivity index (χ0v) is 30.5. The minimum atomic E-state index is -1.10. The number of benzene rings is 2. The van der Waals surface area contributed by atoms with E-state index in [1.165, 1.54) is 21.9 Å². The van der Waals surface area contributed by atoms with Crippen molar-refractivity contribution >= 4 is 70.2 Å². The van der Waals surface area contributed by atoms with Gasteiger partial charge in [-0.25, -0.2) is 0 Å². The van der Waals surface area contributed by atoms with Crippen molar-refractivity contribution in [1.29, 1.82) is 10.5 Å². The molecule has 4 heterocycles. The van der Waals surface area contributed by atoms with Crippen LogP contribution in [0.4, 0.5) is 0 Å². The van der Waals surface area contributed by atoms with Crippen molar-refractivity contribution < 1.29 is 29.4 Å². The molecule has 4 aromatic rings. The molecule has 52 heavy (non-hydrogen) atoms. The van der Waals surface area contributed by atoms with Crippen molar-refractivity contribution in [1.82, 2.24) is 19.8 Å². The smallest absolute Gasteiger partial charge is 0.323 e. The number of halogens is 4. The summed E-state index contributed by atoms with van der Waals surface area (Å²) in [6, 6.07) is 13.8. The lowest BCUT2D eigenvalue weighted by Crippen LogP contribution is -2.41. The van der Waals surface area contributed by atoms with Gasteiger partial charge in [0.25, 0.3) is 11.8 Å². The highest BCUT2D eigenvalue weighted by Crippen LogP contribution is 2.40. The number of hydrogen-bond acceptors (Lipinski definition) is 8. The van der Waals surface area contributed by atoms with Crippen molar-refractivity contribution in [2.75, 3.05) is 26.2 Å². The van der Waals surface area contributed by atoms with Gasteiger partial charge in [-0.15, -0.1) is 0 Å². The van der Waals surface area contributed by atoms with Crippen LogP contribution in [0.15, 0.2) is 36.4 Å². The monoisotopic (exact) mass is 778 g/mol. The lowest BCUT2D eigenvalue weighted by molar-refractivity contribution is -0.138. The van der Waals surface area contributed by atoms with E-state index >= 15 is 0 Å². The van der Waals surface area contributed by atoms with Gasteiger partial charge in [-0.3, -0.25) is 29.1 Å². The first-order valence-corrected chi connectivity index (χ1v) is 17.0. The van der Waals surface area contributed by atoms with E-state index in [1.807, 2.05) is 0 Å². The second-order valence-electron chi connectivity index (χ2n) is 11.8. The van der Waals surface area contributed by atoms with Gasteiger partial charge in [0.15, 0.2) is 0 Å². The summed E-state index contributed by atoms with van der Waals surface area (Å²) in [7, 11) is 0. The SMILES string of the molecule is Cc1nc2c(c(-c3ccc(Cl)cc3Cl)c1C#N)C(=O)N(CC(=O)O)CC2.Cc1nc2c(c(-c3ccc(Cl)cc3Cl)c1C#N)C(=O)N(CC(=O)O)CC2. The molecule has 0 radical (unpaired) electrons. The zero-order chi connectivity index (χ0) is 38.0. The zero-order valence-electron chi connectivity index (χ0n) is 27.4. The van der Waals surface area contributed by atoms with E-state index in [4.69, 9.17) is 56.6 Å². The second kappa shape index (κ2) is 15.6. The molecule has 12 nitrogen and oxygen atoms in total. The van der Waals surface area contributed by atoms with Gasteiger partial charge in [-0.05, 0) is 38.1 Å². The predicted molar refractivity (Wildman–Crippen MR) is 193 cm³/mol. The van der Waals surface area contributed by atoms with Crippen molar-refractivity contribution in [3.8, 4) is 34.4 Å². The summed E-state index contributed by atoms with van der Waals surface area (Å²) >= 11 is 24.6. The Labute approximate surface area is 317 Å². The van der Waals surface area contributed by atoms with E-state index in [-0.39, 0.29) is 35.3 Å². The first kappa shape index (κ1) is 38.0. The molecule has 264 valence electrons. The van der Waals surface area contributed by atoms with E-state index < -0.39 is 36.8 Å². The largest absolute Gasteiger partial charge is 0.480 e. The highest BCUT2D eigenvalue weighted by atomic mass is 35.5. The average Bonchev–Trinajstić information content (AvgIpc) is 3.06. The Morgan fingerprint density at radius 3 is 1.37 bits per heavy atom. The van der Waals surface area contributed by atoms with Gasteiger partial charge in [-0.1, -0.05) is 58.5 Å². The molecule has 2 aromatic carbocycles. The summed E-state index contributed by atoms with van der Waals surface area (Å²) in [5, 5.41) is 38.8. The second-order valence-corrected chi connectivity index (χ2v) is 13.4. The maximum Gasteiger partial charge on any atom is 0.323 e. The molecule has 0 saturated heterocycles. The minimum absolute atomic E-state index is 0.226. The number of aliphatic carboxylic acids is 2. The minimum Gasteiger partial charge on any atom is -0.480 e. The molecule has 0 unspecified atom stereocenters. The molecule has 0 atom stereocenters. The fourth-order valence-corrected chi connectivity index (χ4v) is 7.18. The molecule has 2 aliphatic heterocycles. The Morgan fingerprint density at radius 2 is 1.06 bits per heavy atom. The number of carboxylic acid groups (broad SMARTS) is 2. The van der Waals surface area contributed by atoms with Gasteiger partial charge in [-0.2, -0.15) is 10.5 Å². The number of carbonyl (C=O) groups is 4. The molecule has 2 aliphatic rings. The number of pyridine rings is 2. The third-order valence-electron chi connectivity index (χ3n) is 8.42. The van der Waals surface area contributed by atoms with Crippen LogP contribution >= 0.6 is 46.4 Å². The normalized spacial score (nSPS) is 13.3. The molecule has 2 aromatic heterocycles. The number of carboxylic acids is 2. The number of aryl methyl sites for hydroxylation is 2. The number of nitriles is 2. The van der Waals surface area contributed by atoms with Crippen LogP contribution in [0.1, 0.15) is 54.6 Å². The molecule has 0 spiro atoms. The van der Waals surface area contributed by atoms with Crippen molar-refractivity contribution in [2.24, 2.45) is 0 Å². The fraction of sp³-hybridized carbons (Fsp3) is 0.222. The molecule has 0 fully saturated rings. The number of rotatable bonds is 6. The lowest BCUT2D eigenvalue weighted by atomic mass is 9.89. The molecular weight excluding hydrogens is 754 g/mol. The Hall–Kier alpha value is -5.24. The van der Waals surface area contributed by atoms with Crippen LogP contribution in [-0.2, 0) is 22.4 Å². The van der Waals surface area contributed by atoms with Crippen molar-refractivity contribution in [3.05, 3.63) is 102 Å². The van der Waals surface area contributed by atoms with Gasteiger partial charge in [0.05, 0.1) is 45.0 Å². The first-order chi connectivity index (χ1) is 24.7. The van der Waals surface area contributed by atoms with Crippen molar-refractivity contribution in [2.45, 2.75) is 26.7 Å².